The molecule has 1 heterocycles. The van der Waals surface area contributed by atoms with Crippen molar-refractivity contribution in [3.63, 3.8) is 0 Å². The molecule has 0 aromatic rings. The molecule has 0 radical (unpaired) electrons. The van der Waals surface area contributed by atoms with Crippen LogP contribution in [0.3, 0.4) is 0 Å². The third-order valence-electron chi connectivity index (χ3n) is 4.07. The summed E-state index contributed by atoms with van der Waals surface area (Å²) in [6, 6.07) is 0.505. The first-order valence-electron chi connectivity index (χ1n) is 5.16. The lowest BCUT2D eigenvalue weighted by Gasteiger charge is -2.28. The average molecular weight is 178 g/mol. The molecule has 0 spiro atoms. The van der Waals surface area contributed by atoms with Crippen molar-refractivity contribution in [3.8, 4) is 6.19 Å². The smallest absolute Gasteiger partial charge is 0.179 e. The summed E-state index contributed by atoms with van der Waals surface area (Å²) in [4.78, 5) is 1.99. The molecule has 3 unspecified atom stereocenters. The van der Waals surface area contributed by atoms with E-state index in [0.717, 1.165) is 18.4 Å². The van der Waals surface area contributed by atoms with Crippen molar-refractivity contribution in [2.24, 2.45) is 23.2 Å². The van der Waals surface area contributed by atoms with Crippen LogP contribution in [0.15, 0.2) is 0 Å². The Labute approximate surface area is 80.5 Å². The highest BCUT2D eigenvalue weighted by atomic mass is 15.2. The Kier molecular flexibility index (Phi) is 1.64. The van der Waals surface area contributed by atoms with Crippen molar-refractivity contribution in [1.29, 1.82) is 5.26 Å². The lowest BCUT2D eigenvalue weighted by atomic mass is 9.94. The fourth-order valence-corrected chi connectivity index (χ4v) is 3.22. The minimum absolute atomic E-state index is 0.502. The summed E-state index contributed by atoms with van der Waals surface area (Å²) in [5, 5.41) is 8.97. The molecule has 0 N–H and O–H groups in total. The normalized spacial score (nSPS) is 40.3. The van der Waals surface area contributed by atoms with Crippen LogP contribution in [0.25, 0.3) is 0 Å². The first-order chi connectivity index (χ1) is 6.00. The minimum Gasteiger partial charge on any atom is -0.307 e. The largest absolute Gasteiger partial charge is 0.307 e. The summed E-state index contributed by atoms with van der Waals surface area (Å²) in [5.74, 6) is 2.16. The molecule has 2 heteroatoms. The number of hydrogen-bond donors (Lipinski definition) is 0. The third kappa shape index (κ3) is 0.995. The monoisotopic (exact) mass is 178 g/mol. The first kappa shape index (κ1) is 8.87. The molecule has 2 fully saturated rings. The highest BCUT2D eigenvalue weighted by Crippen LogP contribution is 2.65. The Bertz CT molecular complexity index is 262. The number of rotatable bonds is 1. The van der Waals surface area contributed by atoms with Gasteiger partial charge in [0.2, 0.25) is 0 Å². The van der Waals surface area contributed by atoms with E-state index in [0.29, 0.717) is 17.4 Å². The van der Waals surface area contributed by atoms with E-state index in [1.165, 1.54) is 0 Å². The van der Waals surface area contributed by atoms with E-state index in [9.17, 15) is 0 Å². The van der Waals surface area contributed by atoms with Crippen molar-refractivity contribution >= 4 is 0 Å². The Morgan fingerprint density at radius 2 is 2.08 bits per heavy atom. The Balaban J connectivity index is 2.18. The predicted molar refractivity (Wildman–Crippen MR) is 51.7 cm³/mol. The second kappa shape index (κ2) is 2.41. The highest BCUT2D eigenvalue weighted by molar-refractivity contribution is 5.18. The molecule has 0 amide bonds. The van der Waals surface area contributed by atoms with Crippen LogP contribution in [0.2, 0.25) is 0 Å². The maximum absolute atomic E-state index is 8.97. The van der Waals surface area contributed by atoms with Gasteiger partial charge in [0.15, 0.2) is 6.19 Å². The summed E-state index contributed by atoms with van der Waals surface area (Å²) >= 11 is 0. The quantitative estimate of drug-likeness (QED) is 0.575. The molecule has 1 saturated carbocycles. The van der Waals surface area contributed by atoms with Gasteiger partial charge in [0, 0.05) is 12.6 Å². The van der Waals surface area contributed by atoms with Crippen molar-refractivity contribution in [3.05, 3.63) is 0 Å². The van der Waals surface area contributed by atoms with Gasteiger partial charge in [0.1, 0.15) is 0 Å². The number of likely N-dealkylation sites (tertiary alicyclic amines) is 1. The van der Waals surface area contributed by atoms with Gasteiger partial charge in [0.05, 0.1) is 0 Å². The van der Waals surface area contributed by atoms with Gasteiger partial charge in [0.25, 0.3) is 0 Å². The van der Waals surface area contributed by atoms with Gasteiger partial charge in [-0.05, 0) is 23.2 Å². The number of piperidine rings is 1. The Hall–Kier alpha value is -0.710. The van der Waals surface area contributed by atoms with Crippen LogP contribution < -0.4 is 0 Å². The molecule has 0 bridgehead atoms. The van der Waals surface area contributed by atoms with Crippen LogP contribution >= 0.6 is 0 Å². The van der Waals surface area contributed by atoms with Crippen molar-refractivity contribution in [1.82, 2.24) is 4.90 Å². The molecular weight excluding hydrogens is 160 g/mol. The second-order valence-electron chi connectivity index (χ2n) is 5.44. The molecule has 0 aromatic carbocycles. The highest BCUT2D eigenvalue weighted by Gasteiger charge is 2.67. The lowest BCUT2D eigenvalue weighted by molar-refractivity contribution is 0.208. The predicted octanol–water partition coefficient (Wildman–Crippen LogP) is 2.08. The molecule has 1 saturated heterocycles. The second-order valence-corrected chi connectivity index (χ2v) is 5.44. The van der Waals surface area contributed by atoms with Gasteiger partial charge in [-0.3, -0.25) is 0 Å². The van der Waals surface area contributed by atoms with Crippen molar-refractivity contribution in [2.75, 3.05) is 6.54 Å². The van der Waals surface area contributed by atoms with Crippen molar-refractivity contribution < 1.29 is 0 Å². The number of hydrogen-bond acceptors (Lipinski definition) is 2. The molecule has 0 aromatic heterocycles. The zero-order valence-corrected chi connectivity index (χ0v) is 8.91. The average Bonchev–Trinajstić information content (AvgIpc) is 2.50. The fraction of sp³-hybridized carbons (Fsp3) is 0.909. The summed E-state index contributed by atoms with van der Waals surface area (Å²) in [6.07, 6.45) is 2.33. The number of nitrogens with zero attached hydrogens (tertiary/aromatic N) is 2. The topological polar surface area (TPSA) is 27.0 Å². The van der Waals surface area contributed by atoms with E-state index in [-0.39, 0.29) is 0 Å². The van der Waals surface area contributed by atoms with Crippen LogP contribution in [0.4, 0.5) is 0 Å². The molecule has 1 aliphatic heterocycles. The number of nitriles is 1. The Morgan fingerprint density at radius 1 is 1.46 bits per heavy atom. The fourth-order valence-electron chi connectivity index (χ4n) is 3.22. The van der Waals surface area contributed by atoms with Crippen molar-refractivity contribution in [2.45, 2.75) is 33.7 Å². The Morgan fingerprint density at radius 3 is 2.54 bits per heavy atom. The van der Waals surface area contributed by atoms with Crippen LogP contribution in [-0.2, 0) is 0 Å². The van der Waals surface area contributed by atoms with Gasteiger partial charge >= 0.3 is 0 Å². The maximum atomic E-state index is 8.97. The number of fused-ring (bicyclic) bond motifs is 1. The standard InChI is InChI=1S/C11H18N2/c1-7(2)10-9-8(11(9,3)4)5-13(10)6-12/h7-10H,5H2,1-4H3. The zero-order chi connectivity index (χ0) is 9.80. The molecule has 2 aliphatic rings. The van der Waals surface area contributed by atoms with Gasteiger partial charge in [-0.1, -0.05) is 27.7 Å². The zero-order valence-electron chi connectivity index (χ0n) is 8.91. The maximum Gasteiger partial charge on any atom is 0.179 e. The molecule has 13 heavy (non-hydrogen) atoms. The van der Waals surface area contributed by atoms with Gasteiger partial charge in [-0.2, -0.15) is 5.26 Å². The SMILES string of the molecule is CC(C)C1C2C(CN1C#N)C2(C)C. The summed E-state index contributed by atoms with van der Waals surface area (Å²) in [7, 11) is 0. The van der Waals surface area contributed by atoms with E-state index in [4.69, 9.17) is 5.26 Å². The molecular formula is C11H18N2. The molecule has 1 aliphatic carbocycles. The van der Waals surface area contributed by atoms with Gasteiger partial charge in [-0.15, -0.1) is 0 Å². The summed E-state index contributed by atoms with van der Waals surface area (Å²) in [5.41, 5.74) is 0.502. The van der Waals surface area contributed by atoms with Gasteiger partial charge < -0.3 is 4.90 Å². The van der Waals surface area contributed by atoms with E-state index in [2.05, 4.69) is 33.9 Å². The van der Waals surface area contributed by atoms with Crippen LogP contribution in [0.5, 0.6) is 0 Å². The van der Waals surface area contributed by atoms with Gasteiger partial charge in [-0.25, -0.2) is 0 Å². The van der Waals surface area contributed by atoms with E-state index in [1.807, 2.05) is 4.90 Å². The van der Waals surface area contributed by atoms with E-state index >= 15 is 0 Å². The molecule has 3 atom stereocenters. The minimum atomic E-state index is 0.502. The van der Waals surface area contributed by atoms with Crippen LogP contribution in [0, 0.1) is 34.6 Å². The van der Waals surface area contributed by atoms with E-state index < -0.39 is 0 Å². The van der Waals surface area contributed by atoms with E-state index in [1.54, 1.807) is 0 Å². The van der Waals surface area contributed by atoms with Crippen LogP contribution in [0.1, 0.15) is 27.7 Å². The lowest BCUT2D eigenvalue weighted by Crippen LogP contribution is -2.36. The van der Waals surface area contributed by atoms with Crippen LogP contribution in [-0.4, -0.2) is 17.5 Å². The first-order valence-corrected chi connectivity index (χ1v) is 5.16. The molecule has 72 valence electrons. The summed E-state index contributed by atoms with van der Waals surface area (Å²) < 4.78 is 0. The molecule has 2 nitrogen and oxygen atoms in total. The summed E-state index contributed by atoms with van der Waals surface area (Å²) in [6.45, 7) is 10.1. The third-order valence-corrected chi connectivity index (χ3v) is 4.07. The molecule has 2 rings (SSSR count).